The van der Waals surface area contributed by atoms with E-state index in [9.17, 15) is 9.90 Å². The van der Waals surface area contributed by atoms with E-state index in [1.54, 1.807) is 11.1 Å². The zero-order valence-corrected chi connectivity index (χ0v) is 18.7. The van der Waals surface area contributed by atoms with E-state index >= 15 is 0 Å². The van der Waals surface area contributed by atoms with Crippen LogP contribution in [0.3, 0.4) is 0 Å². The topological polar surface area (TPSA) is 55.8 Å². The van der Waals surface area contributed by atoms with Gasteiger partial charge in [0.1, 0.15) is 5.75 Å². The molecule has 0 saturated carbocycles. The van der Waals surface area contributed by atoms with E-state index in [1.165, 1.54) is 30.9 Å². The molecular formula is C26H34O4. The van der Waals surface area contributed by atoms with E-state index in [-0.39, 0.29) is 0 Å². The molecular weight excluding hydrogens is 376 g/mol. The molecule has 162 valence electrons. The van der Waals surface area contributed by atoms with Crippen molar-refractivity contribution in [3.8, 4) is 5.75 Å². The van der Waals surface area contributed by atoms with Gasteiger partial charge >= 0.3 is 5.97 Å². The summed E-state index contributed by atoms with van der Waals surface area (Å²) in [5.74, 6) is 0.269. The standard InChI is InChI=1S/C26H34O4/c1-18(9-14-23-19(2)8-5-15-26(23,3)4)7-6-16-29-21-12-10-20(11-13-21)22-17-24(27)30-25(22)28/h9-13,17,25,28H,5-8,14-16H2,1-4H3. The maximum atomic E-state index is 11.2. The van der Waals surface area contributed by atoms with Gasteiger partial charge in [-0.05, 0) is 75.5 Å². The lowest BCUT2D eigenvalue weighted by atomic mass is 9.71. The highest BCUT2D eigenvalue weighted by molar-refractivity contribution is 5.96. The van der Waals surface area contributed by atoms with E-state index in [4.69, 9.17) is 9.47 Å². The third-order valence-corrected chi connectivity index (χ3v) is 6.28. The van der Waals surface area contributed by atoms with Gasteiger partial charge in [0, 0.05) is 11.6 Å². The Balaban J connectivity index is 1.44. The molecule has 0 bridgehead atoms. The minimum atomic E-state index is -1.18. The van der Waals surface area contributed by atoms with Gasteiger partial charge in [0.2, 0.25) is 6.29 Å². The van der Waals surface area contributed by atoms with Crippen LogP contribution in [0.5, 0.6) is 5.75 Å². The molecule has 1 aliphatic carbocycles. The Morgan fingerprint density at radius 3 is 2.67 bits per heavy atom. The van der Waals surface area contributed by atoms with Crippen LogP contribution in [0.15, 0.2) is 53.1 Å². The van der Waals surface area contributed by atoms with Crippen molar-refractivity contribution < 1.29 is 19.4 Å². The van der Waals surface area contributed by atoms with Crippen LogP contribution in [0.25, 0.3) is 5.57 Å². The van der Waals surface area contributed by atoms with Crippen LogP contribution in [-0.2, 0) is 9.53 Å². The van der Waals surface area contributed by atoms with Crippen LogP contribution in [0, 0.1) is 5.41 Å². The molecule has 4 heteroatoms. The summed E-state index contributed by atoms with van der Waals surface area (Å²) in [6.45, 7) is 9.92. The third kappa shape index (κ3) is 5.63. The van der Waals surface area contributed by atoms with Crippen molar-refractivity contribution in [1.29, 1.82) is 0 Å². The first-order valence-corrected chi connectivity index (χ1v) is 10.9. The van der Waals surface area contributed by atoms with Crippen molar-refractivity contribution in [3.63, 3.8) is 0 Å². The number of esters is 1. The minimum absolute atomic E-state index is 0.332. The summed E-state index contributed by atoms with van der Waals surface area (Å²) >= 11 is 0. The Labute approximate surface area is 180 Å². The number of benzene rings is 1. The van der Waals surface area contributed by atoms with Gasteiger partial charge in [0.05, 0.1) is 6.61 Å². The Morgan fingerprint density at radius 1 is 1.30 bits per heavy atom. The van der Waals surface area contributed by atoms with Crippen molar-refractivity contribution >= 4 is 11.5 Å². The fraction of sp³-hybridized carbons (Fsp3) is 0.500. The predicted octanol–water partition coefficient (Wildman–Crippen LogP) is 5.97. The van der Waals surface area contributed by atoms with Gasteiger partial charge in [-0.1, -0.05) is 48.8 Å². The number of aliphatic hydroxyl groups excluding tert-OH is 1. The Kier molecular flexibility index (Phi) is 7.19. The second kappa shape index (κ2) is 9.65. The quantitative estimate of drug-likeness (QED) is 0.326. The Morgan fingerprint density at radius 2 is 2.03 bits per heavy atom. The Hall–Kier alpha value is -2.33. The first-order chi connectivity index (χ1) is 14.3. The number of ether oxygens (including phenoxy) is 2. The van der Waals surface area contributed by atoms with Gasteiger partial charge in [-0.25, -0.2) is 4.79 Å². The average molecular weight is 411 g/mol. The lowest BCUT2D eigenvalue weighted by Gasteiger charge is -2.34. The average Bonchev–Trinajstić information content (AvgIpc) is 3.03. The number of aliphatic hydroxyl groups is 1. The molecule has 3 rings (SSSR count). The van der Waals surface area contributed by atoms with Crippen LogP contribution >= 0.6 is 0 Å². The highest BCUT2D eigenvalue weighted by Crippen LogP contribution is 2.42. The highest BCUT2D eigenvalue weighted by atomic mass is 16.6. The zero-order valence-electron chi connectivity index (χ0n) is 18.7. The number of carbonyl (C=O) groups is 1. The smallest absolute Gasteiger partial charge is 0.333 e. The molecule has 1 aliphatic heterocycles. The van der Waals surface area contributed by atoms with Crippen molar-refractivity contribution in [2.75, 3.05) is 6.61 Å². The van der Waals surface area contributed by atoms with Crippen LogP contribution in [0.1, 0.15) is 71.8 Å². The number of cyclic esters (lactones) is 1. The fourth-order valence-electron chi connectivity index (χ4n) is 4.42. The summed E-state index contributed by atoms with van der Waals surface area (Å²) in [5, 5.41) is 9.73. The molecule has 0 fully saturated rings. The van der Waals surface area contributed by atoms with E-state index in [0.717, 1.165) is 30.6 Å². The second-order valence-corrected chi connectivity index (χ2v) is 9.12. The van der Waals surface area contributed by atoms with Crippen LogP contribution in [0.4, 0.5) is 0 Å². The van der Waals surface area contributed by atoms with Gasteiger partial charge in [0.25, 0.3) is 0 Å². The summed E-state index contributed by atoms with van der Waals surface area (Å²) in [6, 6.07) is 7.38. The molecule has 1 aromatic carbocycles. The predicted molar refractivity (Wildman–Crippen MR) is 120 cm³/mol. The van der Waals surface area contributed by atoms with Crippen molar-refractivity contribution in [2.45, 2.75) is 72.5 Å². The molecule has 30 heavy (non-hydrogen) atoms. The first-order valence-electron chi connectivity index (χ1n) is 10.9. The second-order valence-electron chi connectivity index (χ2n) is 9.12. The van der Waals surface area contributed by atoms with Gasteiger partial charge in [-0.2, -0.15) is 0 Å². The van der Waals surface area contributed by atoms with E-state index in [1.807, 2.05) is 24.3 Å². The maximum absolute atomic E-state index is 11.2. The number of hydrogen-bond donors (Lipinski definition) is 1. The molecule has 1 N–H and O–H groups in total. The lowest BCUT2D eigenvalue weighted by molar-refractivity contribution is -0.149. The van der Waals surface area contributed by atoms with Crippen molar-refractivity contribution in [3.05, 3.63) is 58.7 Å². The van der Waals surface area contributed by atoms with Crippen LogP contribution < -0.4 is 4.74 Å². The van der Waals surface area contributed by atoms with E-state index < -0.39 is 12.3 Å². The summed E-state index contributed by atoms with van der Waals surface area (Å²) in [7, 11) is 0. The third-order valence-electron chi connectivity index (χ3n) is 6.28. The van der Waals surface area contributed by atoms with Gasteiger partial charge in [0.15, 0.2) is 0 Å². The van der Waals surface area contributed by atoms with Gasteiger partial charge in [-0.15, -0.1) is 0 Å². The van der Waals surface area contributed by atoms with Crippen molar-refractivity contribution in [1.82, 2.24) is 0 Å². The summed E-state index contributed by atoms with van der Waals surface area (Å²) in [5.41, 5.74) is 6.20. The van der Waals surface area contributed by atoms with E-state index in [0.29, 0.717) is 17.6 Å². The number of hydrogen-bond acceptors (Lipinski definition) is 4. The van der Waals surface area contributed by atoms with Gasteiger partial charge in [-0.3, -0.25) is 0 Å². The van der Waals surface area contributed by atoms with Crippen molar-refractivity contribution in [2.24, 2.45) is 5.41 Å². The Bertz CT molecular complexity index is 856. The van der Waals surface area contributed by atoms with Gasteiger partial charge < -0.3 is 14.6 Å². The number of carbonyl (C=O) groups excluding carboxylic acids is 1. The first kappa shape index (κ1) is 22.4. The fourth-order valence-corrected chi connectivity index (χ4v) is 4.42. The summed E-state index contributed by atoms with van der Waals surface area (Å²) < 4.78 is 10.6. The summed E-state index contributed by atoms with van der Waals surface area (Å²) in [4.78, 5) is 11.2. The molecule has 0 aromatic heterocycles. The molecule has 0 saturated heterocycles. The largest absolute Gasteiger partial charge is 0.494 e. The normalized spacial score (nSPS) is 21.5. The molecule has 0 radical (unpaired) electrons. The molecule has 0 amide bonds. The molecule has 4 nitrogen and oxygen atoms in total. The minimum Gasteiger partial charge on any atom is -0.494 e. The van der Waals surface area contributed by atoms with Crippen LogP contribution in [0.2, 0.25) is 0 Å². The molecule has 1 aromatic rings. The molecule has 1 heterocycles. The van der Waals surface area contributed by atoms with E-state index in [2.05, 4.69) is 33.8 Å². The maximum Gasteiger partial charge on any atom is 0.333 e. The lowest BCUT2D eigenvalue weighted by Crippen LogP contribution is -2.20. The number of rotatable bonds is 8. The number of allylic oxidation sites excluding steroid dienone is 4. The molecule has 0 spiro atoms. The van der Waals surface area contributed by atoms with Crippen LogP contribution in [-0.4, -0.2) is 24.0 Å². The summed E-state index contributed by atoms with van der Waals surface area (Å²) in [6.07, 6.45) is 9.45. The highest BCUT2D eigenvalue weighted by Gasteiger charge is 2.27. The monoisotopic (exact) mass is 410 g/mol. The molecule has 1 unspecified atom stereocenters. The SMILES string of the molecule is CC(=CCC1=C(C)CCCC1(C)C)CCCOc1ccc(C2=CC(=O)OC2O)cc1. The molecule has 2 aliphatic rings. The molecule has 1 atom stereocenters. The zero-order chi connectivity index (χ0) is 21.7.